The lowest BCUT2D eigenvalue weighted by atomic mass is 10.0. The normalized spacial score (nSPS) is 21.1. The SMILES string of the molecule is COc1cccc([C@@H]2C[C@@H](O)CN2Cc2nc3ccccc3n2C)c1. The van der Waals surface area contributed by atoms with Crippen molar-refractivity contribution >= 4 is 11.0 Å². The van der Waals surface area contributed by atoms with Crippen LogP contribution in [0.1, 0.15) is 23.9 Å². The van der Waals surface area contributed by atoms with E-state index in [0.29, 0.717) is 13.1 Å². The number of hydrogen-bond donors (Lipinski definition) is 1. The lowest BCUT2D eigenvalue weighted by Crippen LogP contribution is -2.25. The molecule has 2 aromatic carbocycles. The van der Waals surface area contributed by atoms with Crippen LogP contribution in [0.15, 0.2) is 48.5 Å². The second-order valence-electron chi connectivity index (χ2n) is 6.69. The van der Waals surface area contributed by atoms with E-state index in [9.17, 15) is 5.11 Å². The van der Waals surface area contributed by atoms with E-state index in [2.05, 4.69) is 34.7 Å². The van der Waals surface area contributed by atoms with E-state index in [1.165, 1.54) is 5.56 Å². The Bertz CT molecular complexity index is 890. The maximum absolute atomic E-state index is 10.2. The van der Waals surface area contributed by atoms with Crippen molar-refractivity contribution in [2.24, 2.45) is 7.05 Å². The topological polar surface area (TPSA) is 50.5 Å². The molecule has 1 saturated heterocycles. The fraction of sp³-hybridized carbons (Fsp3) is 0.350. The second kappa shape index (κ2) is 6.50. The largest absolute Gasteiger partial charge is 0.497 e. The predicted octanol–water partition coefficient (Wildman–Crippen LogP) is 2.89. The third-order valence-corrected chi connectivity index (χ3v) is 5.08. The number of benzene rings is 2. The summed E-state index contributed by atoms with van der Waals surface area (Å²) in [6.07, 6.45) is 0.419. The van der Waals surface area contributed by atoms with Crippen molar-refractivity contribution in [2.75, 3.05) is 13.7 Å². The van der Waals surface area contributed by atoms with Crippen LogP contribution in [0.2, 0.25) is 0 Å². The number of likely N-dealkylation sites (tertiary alicyclic amines) is 1. The van der Waals surface area contributed by atoms with Gasteiger partial charge in [-0.25, -0.2) is 4.98 Å². The first-order valence-electron chi connectivity index (χ1n) is 8.62. The quantitative estimate of drug-likeness (QED) is 0.795. The number of rotatable bonds is 4. The highest BCUT2D eigenvalue weighted by Gasteiger charge is 2.33. The summed E-state index contributed by atoms with van der Waals surface area (Å²) in [5.74, 6) is 1.87. The second-order valence-corrected chi connectivity index (χ2v) is 6.69. The highest BCUT2D eigenvalue weighted by atomic mass is 16.5. The average molecular weight is 337 g/mol. The van der Waals surface area contributed by atoms with Crippen LogP contribution in [0.3, 0.4) is 0 Å². The molecule has 2 atom stereocenters. The summed E-state index contributed by atoms with van der Waals surface area (Å²) in [6, 6.07) is 16.5. The van der Waals surface area contributed by atoms with Crippen LogP contribution in [-0.4, -0.2) is 39.3 Å². The molecule has 0 aliphatic carbocycles. The van der Waals surface area contributed by atoms with Gasteiger partial charge >= 0.3 is 0 Å². The van der Waals surface area contributed by atoms with Crippen LogP contribution >= 0.6 is 0 Å². The van der Waals surface area contributed by atoms with Crippen molar-refractivity contribution in [1.29, 1.82) is 0 Å². The number of β-amino-alcohol motifs (C(OH)–C–C–N with tert-alkyl or cyclic N) is 1. The summed E-state index contributed by atoms with van der Waals surface area (Å²) in [5.41, 5.74) is 3.32. The molecule has 5 nitrogen and oxygen atoms in total. The number of methoxy groups -OCH3 is 1. The number of aromatic nitrogens is 2. The number of para-hydroxylation sites is 2. The van der Waals surface area contributed by atoms with E-state index in [4.69, 9.17) is 9.72 Å². The van der Waals surface area contributed by atoms with E-state index in [1.807, 2.05) is 30.3 Å². The Kier molecular flexibility index (Phi) is 4.19. The zero-order valence-electron chi connectivity index (χ0n) is 14.6. The number of ether oxygens (including phenoxy) is 1. The molecule has 130 valence electrons. The lowest BCUT2D eigenvalue weighted by Gasteiger charge is -2.24. The van der Waals surface area contributed by atoms with Gasteiger partial charge in [0, 0.05) is 19.6 Å². The number of aliphatic hydroxyl groups excluding tert-OH is 1. The molecule has 0 saturated carbocycles. The number of fused-ring (bicyclic) bond motifs is 1. The van der Waals surface area contributed by atoms with Gasteiger partial charge in [-0.15, -0.1) is 0 Å². The molecule has 1 aromatic heterocycles. The van der Waals surface area contributed by atoms with E-state index >= 15 is 0 Å². The first-order chi connectivity index (χ1) is 12.2. The molecule has 3 aromatic rings. The predicted molar refractivity (Wildman–Crippen MR) is 97.5 cm³/mol. The van der Waals surface area contributed by atoms with Crippen molar-refractivity contribution in [3.63, 3.8) is 0 Å². The van der Waals surface area contributed by atoms with Gasteiger partial charge in [0.15, 0.2) is 0 Å². The van der Waals surface area contributed by atoms with Crippen LogP contribution < -0.4 is 4.74 Å². The summed E-state index contributed by atoms with van der Waals surface area (Å²) in [4.78, 5) is 7.08. The lowest BCUT2D eigenvalue weighted by molar-refractivity contribution is 0.171. The first kappa shape index (κ1) is 16.1. The summed E-state index contributed by atoms with van der Waals surface area (Å²) >= 11 is 0. The molecule has 1 aliphatic heterocycles. The zero-order valence-corrected chi connectivity index (χ0v) is 14.6. The molecule has 5 heteroatoms. The molecule has 0 amide bonds. The number of aliphatic hydroxyl groups is 1. The number of imidazole rings is 1. The van der Waals surface area contributed by atoms with Crippen LogP contribution in [0.25, 0.3) is 11.0 Å². The highest BCUT2D eigenvalue weighted by molar-refractivity contribution is 5.75. The number of hydrogen-bond acceptors (Lipinski definition) is 4. The maximum Gasteiger partial charge on any atom is 0.123 e. The fourth-order valence-corrected chi connectivity index (χ4v) is 3.77. The summed E-state index contributed by atoms with van der Waals surface area (Å²) < 4.78 is 7.50. The Morgan fingerprint density at radius 1 is 1.20 bits per heavy atom. The summed E-state index contributed by atoms with van der Waals surface area (Å²) in [7, 11) is 3.73. The molecule has 1 N–H and O–H groups in total. The third kappa shape index (κ3) is 3.01. The van der Waals surface area contributed by atoms with Gasteiger partial charge in [-0.2, -0.15) is 0 Å². The summed E-state index contributed by atoms with van der Waals surface area (Å²) in [6.45, 7) is 1.37. The Morgan fingerprint density at radius 2 is 2.04 bits per heavy atom. The van der Waals surface area contributed by atoms with Crippen molar-refractivity contribution in [1.82, 2.24) is 14.5 Å². The van der Waals surface area contributed by atoms with Gasteiger partial charge in [-0.05, 0) is 36.2 Å². The third-order valence-electron chi connectivity index (χ3n) is 5.08. The first-order valence-corrected chi connectivity index (χ1v) is 8.62. The molecule has 2 heterocycles. The van der Waals surface area contributed by atoms with Crippen LogP contribution in [0.4, 0.5) is 0 Å². The Hall–Kier alpha value is -2.37. The molecule has 0 radical (unpaired) electrons. The van der Waals surface area contributed by atoms with E-state index in [1.54, 1.807) is 7.11 Å². The minimum Gasteiger partial charge on any atom is -0.497 e. The summed E-state index contributed by atoms with van der Waals surface area (Å²) in [5, 5.41) is 10.2. The Morgan fingerprint density at radius 3 is 2.84 bits per heavy atom. The van der Waals surface area contributed by atoms with Crippen molar-refractivity contribution in [3.05, 3.63) is 59.9 Å². The van der Waals surface area contributed by atoms with Crippen LogP contribution in [-0.2, 0) is 13.6 Å². The Labute approximate surface area is 147 Å². The van der Waals surface area contributed by atoms with Gasteiger partial charge in [-0.1, -0.05) is 24.3 Å². The van der Waals surface area contributed by atoms with Crippen molar-refractivity contribution in [2.45, 2.75) is 25.1 Å². The molecule has 0 unspecified atom stereocenters. The number of nitrogens with zero attached hydrogens (tertiary/aromatic N) is 3. The standard InChI is InChI=1S/C20H23N3O2/c1-22-18-9-4-3-8-17(18)21-20(22)13-23-12-15(24)11-19(23)14-6-5-7-16(10-14)25-2/h3-10,15,19,24H,11-13H2,1-2H3/t15-,19+/m1/s1. The van der Waals surface area contributed by atoms with E-state index in [0.717, 1.165) is 29.0 Å². The fourth-order valence-electron chi connectivity index (χ4n) is 3.77. The smallest absolute Gasteiger partial charge is 0.123 e. The Balaban J connectivity index is 1.64. The maximum atomic E-state index is 10.2. The van der Waals surface area contributed by atoms with Gasteiger partial charge in [0.2, 0.25) is 0 Å². The van der Waals surface area contributed by atoms with Gasteiger partial charge in [0.1, 0.15) is 11.6 Å². The van der Waals surface area contributed by atoms with Gasteiger partial charge in [-0.3, -0.25) is 4.90 Å². The van der Waals surface area contributed by atoms with Crippen molar-refractivity contribution in [3.8, 4) is 5.75 Å². The molecule has 1 aliphatic rings. The molecule has 25 heavy (non-hydrogen) atoms. The average Bonchev–Trinajstić information content (AvgIpc) is 3.16. The molecular weight excluding hydrogens is 314 g/mol. The minimum atomic E-state index is -0.314. The van der Waals surface area contributed by atoms with Crippen LogP contribution in [0.5, 0.6) is 5.75 Å². The van der Waals surface area contributed by atoms with E-state index < -0.39 is 0 Å². The number of aryl methyl sites for hydroxylation is 1. The monoisotopic (exact) mass is 337 g/mol. The molecule has 0 spiro atoms. The highest BCUT2D eigenvalue weighted by Crippen LogP contribution is 2.34. The van der Waals surface area contributed by atoms with Crippen molar-refractivity contribution < 1.29 is 9.84 Å². The zero-order chi connectivity index (χ0) is 17.4. The van der Waals surface area contributed by atoms with Gasteiger partial charge < -0.3 is 14.4 Å². The molecular formula is C20H23N3O2. The van der Waals surface area contributed by atoms with Gasteiger partial charge in [0.25, 0.3) is 0 Å². The molecule has 1 fully saturated rings. The van der Waals surface area contributed by atoms with E-state index in [-0.39, 0.29) is 12.1 Å². The molecule has 4 rings (SSSR count). The molecule has 0 bridgehead atoms. The van der Waals surface area contributed by atoms with Gasteiger partial charge in [0.05, 0.1) is 30.8 Å². The minimum absolute atomic E-state index is 0.171. The van der Waals surface area contributed by atoms with Crippen LogP contribution in [0, 0.1) is 0 Å².